The highest BCUT2D eigenvalue weighted by Crippen LogP contribution is 2.21. The average molecular weight is 253 g/mol. The third kappa shape index (κ3) is 2.53. The second-order valence-corrected chi connectivity index (χ2v) is 4.27. The van der Waals surface area contributed by atoms with Gasteiger partial charge in [0.2, 0.25) is 0 Å². The van der Waals surface area contributed by atoms with E-state index in [1.807, 2.05) is 48.7 Å². The summed E-state index contributed by atoms with van der Waals surface area (Å²) in [5.74, 6) is 3.16. The first-order valence-corrected chi connectivity index (χ1v) is 5.98. The number of ether oxygens (including phenoxy) is 1. The van der Waals surface area contributed by atoms with Gasteiger partial charge in [-0.25, -0.2) is 0 Å². The van der Waals surface area contributed by atoms with E-state index in [2.05, 4.69) is 5.92 Å². The van der Waals surface area contributed by atoms with Crippen LogP contribution in [0.2, 0.25) is 0 Å². The van der Waals surface area contributed by atoms with Crippen LogP contribution in [0.4, 0.5) is 0 Å². The van der Waals surface area contributed by atoms with E-state index < -0.39 is 0 Å². The van der Waals surface area contributed by atoms with Crippen LogP contribution in [0.5, 0.6) is 5.75 Å². The molecule has 1 heterocycles. The minimum Gasteiger partial charge on any atom is -0.481 e. The molecule has 0 saturated carbocycles. The van der Waals surface area contributed by atoms with Gasteiger partial charge in [-0.1, -0.05) is 5.92 Å². The van der Waals surface area contributed by atoms with Gasteiger partial charge in [0.1, 0.15) is 12.4 Å². The fourth-order valence-corrected chi connectivity index (χ4v) is 2.12. The van der Waals surface area contributed by atoms with E-state index in [1.165, 1.54) is 0 Å². The molecule has 0 radical (unpaired) electrons. The fourth-order valence-electron chi connectivity index (χ4n) is 2.12. The molecular formula is C16H15NO2. The molecule has 0 N–H and O–H groups in total. The van der Waals surface area contributed by atoms with Gasteiger partial charge >= 0.3 is 0 Å². The molecule has 96 valence electrons. The lowest BCUT2D eigenvalue weighted by atomic mass is 10.2. The molecule has 0 bridgehead atoms. The van der Waals surface area contributed by atoms with E-state index in [4.69, 9.17) is 11.2 Å². The number of aromatic nitrogens is 1. The van der Waals surface area contributed by atoms with Gasteiger partial charge in [-0.15, -0.1) is 6.42 Å². The van der Waals surface area contributed by atoms with Crippen molar-refractivity contribution in [2.75, 3.05) is 6.61 Å². The molecule has 2 aromatic rings. The summed E-state index contributed by atoms with van der Waals surface area (Å²) < 4.78 is 7.37. The summed E-state index contributed by atoms with van der Waals surface area (Å²) in [7, 11) is 0. The number of terminal acetylenes is 1. The Balaban J connectivity index is 2.35. The lowest BCUT2D eigenvalue weighted by Gasteiger charge is -2.10. The summed E-state index contributed by atoms with van der Waals surface area (Å²) in [6.45, 7) is 4.17. The summed E-state index contributed by atoms with van der Waals surface area (Å²) >= 11 is 0. The van der Waals surface area contributed by atoms with Crippen LogP contribution < -0.4 is 4.74 Å². The van der Waals surface area contributed by atoms with Gasteiger partial charge in [0.25, 0.3) is 0 Å². The Hall–Kier alpha value is -2.47. The second kappa shape index (κ2) is 5.45. The van der Waals surface area contributed by atoms with E-state index >= 15 is 0 Å². The van der Waals surface area contributed by atoms with Crippen LogP contribution in [-0.2, 0) is 0 Å². The van der Waals surface area contributed by atoms with Gasteiger partial charge in [0.15, 0.2) is 6.29 Å². The lowest BCUT2D eigenvalue weighted by molar-refractivity contribution is 0.112. The number of nitrogens with zero attached hydrogens (tertiary/aromatic N) is 1. The van der Waals surface area contributed by atoms with Gasteiger partial charge in [-0.3, -0.25) is 4.79 Å². The topological polar surface area (TPSA) is 31.2 Å². The molecule has 0 aliphatic rings. The SMILES string of the molecule is C#CCOc1ccc(-n2c(C)cc(C=O)c2C)cc1. The van der Waals surface area contributed by atoms with Crippen LogP contribution in [0.3, 0.4) is 0 Å². The van der Waals surface area contributed by atoms with Crippen molar-refractivity contribution in [3.63, 3.8) is 0 Å². The van der Waals surface area contributed by atoms with Crippen molar-refractivity contribution in [1.82, 2.24) is 4.57 Å². The Morgan fingerprint density at radius 1 is 1.32 bits per heavy atom. The number of rotatable bonds is 4. The lowest BCUT2D eigenvalue weighted by Crippen LogP contribution is -2.00. The molecule has 0 saturated heterocycles. The predicted octanol–water partition coefficient (Wildman–Crippen LogP) is 2.92. The maximum Gasteiger partial charge on any atom is 0.151 e. The number of aryl methyl sites for hydroxylation is 1. The van der Waals surface area contributed by atoms with Gasteiger partial charge in [-0.2, -0.15) is 0 Å². The maximum atomic E-state index is 10.9. The van der Waals surface area contributed by atoms with Crippen LogP contribution >= 0.6 is 0 Å². The summed E-state index contributed by atoms with van der Waals surface area (Å²) in [6, 6.07) is 9.50. The van der Waals surface area contributed by atoms with Crippen LogP contribution in [0.25, 0.3) is 5.69 Å². The molecule has 19 heavy (non-hydrogen) atoms. The van der Waals surface area contributed by atoms with E-state index in [9.17, 15) is 4.79 Å². The third-order valence-electron chi connectivity index (χ3n) is 3.01. The van der Waals surface area contributed by atoms with E-state index in [-0.39, 0.29) is 6.61 Å². The number of hydrogen-bond donors (Lipinski definition) is 0. The van der Waals surface area contributed by atoms with Crippen molar-refractivity contribution < 1.29 is 9.53 Å². The first-order valence-electron chi connectivity index (χ1n) is 5.98. The molecule has 0 atom stereocenters. The summed E-state index contributed by atoms with van der Waals surface area (Å²) in [5, 5.41) is 0. The van der Waals surface area contributed by atoms with E-state index in [1.54, 1.807) is 0 Å². The molecule has 0 fully saturated rings. The Morgan fingerprint density at radius 3 is 2.53 bits per heavy atom. The molecule has 0 aliphatic carbocycles. The largest absolute Gasteiger partial charge is 0.481 e. The molecule has 1 aromatic carbocycles. The van der Waals surface area contributed by atoms with Gasteiger partial charge < -0.3 is 9.30 Å². The number of aldehydes is 1. The summed E-state index contributed by atoms with van der Waals surface area (Å²) in [4.78, 5) is 10.9. The Morgan fingerprint density at radius 2 is 2.00 bits per heavy atom. The van der Waals surface area contributed by atoms with Crippen molar-refractivity contribution in [2.45, 2.75) is 13.8 Å². The predicted molar refractivity (Wildman–Crippen MR) is 75.0 cm³/mol. The normalized spacial score (nSPS) is 9.95. The molecule has 3 nitrogen and oxygen atoms in total. The fraction of sp³-hybridized carbons (Fsp3) is 0.188. The van der Waals surface area contributed by atoms with Crippen LogP contribution in [-0.4, -0.2) is 17.5 Å². The van der Waals surface area contributed by atoms with Crippen LogP contribution in [0.15, 0.2) is 30.3 Å². The highest BCUT2D eigenvalue weighted by Gasteiger charge is 2.09. The quantitative estimate of drug-likeness (QED) is 0.619. The maximum absolute atomic E-state index is 10.9. The van der Waals surface area contributed by atoms with E-state index in [0.717, 1.165) is 29.1 Å². The highest BCUT2D eigenvalue weighted by molar-refractivity contribution is 5.77. The molecule has 0 spiro atoms. The molecular weight excluding hydrogens is 238 g/mol. The molecule has 0 unspecified atom stereocenters. The highest BCUT2D eigenvalue weighted by atomic mass is 16.5. The first-order chi connectivity index (χ1) is 9.17. The minimum absolute atomic E-state index is 0.260. The standard InChI is InChI=1S/C16H15NO2/c1-4-9-19-16-7-5-15(6-8-16)17-12(2)10-14(11-18)13(17)3/h1,5-8,10-11H,9H2,2-3H3. The summed E-state index contributed by atoms with van der Waals surface area (Å²) in [5.41, 5.74) is 3.67. The van der Waals surface area contributed by atoms with Crippen molar-refractivity contribution in [3.8, 4) is 23.8 Å². The molecule has 3 heteroatoms. The number of hydrogen-bond acceptors (Lipinski definition) is 2. The Labute approximate surface area is 112 Å². The zero-order chi connectivity index (χ0) is 13.8. The van der Waals surface area contributed by atoms with Crippen LogP contribution in [0.1, 0.15) is 21.7 Å². The van der Waals surface area contributed by atoms with Crippen molar-refractivity contribution in [1.29, 1.82) is 0 Å². The zero-order valence-electron chi connectivity index (χ0n) is 11.0. The molecule has 2 rings (SSSR count). The van der Waals surface area contributed by atoms with Crippen molar-refractivity contribution >= 4 is 6.29 Å². The number of carbonyl (C=O) groups excluding carboxylic acids is 1. The van der Waals surface area contributed by atoms with Crippen molar-refractivity contribution in [3.05, 3.63) is 47.3 Å². The number of carbonyl (C=O) groups is 1. The smallest absolute Gasteiger partial charge is 0.151 e. The van der Waals surface area contributed by atoms with Crippen LogP contribution in [0, 0.1) is 26.2 Å². The average Bonchev–Trinajstić information content (AvgIpc) is 2.72. The van der Waals surface area contributed by atoms with Gasteiger partial charge in [0, 0.05) is 22.6 Å². The molecule has 0 amide bonds. The Bertz CT molecular complexity index is 630. The molecule has 1 aromatic heterocycles. The zero-order valence-corrected chi connectivity index (χ0v) is 11.0. The first kappa shape index (κ1) is 13.0. The van der Waals surface area contributed by atoms with Gasteiger partial charge in [-0.05, 0) is 44.2 Å². The van der Waals surface area contributed by atoms with E-state index in [0.29, 0.717) is 5.56 Å². The number of benzene rings is 1. The van der Waals surface area contributed by atoms with Crippen molar-refractivity contribution in [2.24, 2.45) is 0 Å². The Kier molecular flexibility index (Phi) is 3.72. The second-order valence-electron chi connectivity index (χ2n) is 4.27. The monoisotopic (exact) mass is 253 g/mol. The third-order valence-corrected chi connectivity index (χ3v) is 3.01. The minimum atomic E-state index is 0.260. The molecule has 0 aliphatic heterocycles. The van der Waals surface area contributed by atoms with Gasteiger partial charge in [0.05, 0.1) is 0 Å². The summed E-state index contributed by atoms with van der Waals surface area (Å²) in [6.07, 6.45) is 6.02.